The first-order chi connectivity index (χ1) is 17.3. The van der Waals surface area contributed by atoms with Crippen molar-refractivity contribution in [2.24, 2.45) is 4.99 Å². The van der Waals surface area contributed by atoms with E-state index >= 15 is 0 Å². The maximum absolute atomic E-state index is 11.8. The molecule has 0 spiro atoms. The van der Waals surface area contributed by atoms with Crippen molar-refractivity contribution in [2.45, 2.75) is 39.8 Å². The molecule has 36 heavy (non-hydrogen) atoms. The summed E-state index contributed by atoms with van der Waals surface area (Å²) >= 11 is 1.54. The van der Waals surface area contributed by atoms with Crippen LogP contribution in [0.5, 0.6) is 0 Å². The largest absolute Gasteiger partial charge is 0.481 e. The van der Waals surface area contributed by atoms with Gasteiger partial charge in [0, 0.05) is 21.6 Å². The van der Waals surface area contributed by atoms with Crippen LogP contribution in [0.1, 0.15) is 63.0 Å². The molecule has 4 aromatic rings. The first-order valence-electron chi connectivity index (χ1n) is 11.5. The number of carboxylic acids is 1. The van der Waals surface area contributed by atoms with Crippen molar-refractivity contribution >= 4 is 28.8 Å². The monoisotopic (exact) mass is 500 g/mol. The molecule has 8 nitrogen and oxygen atoms in total. The number of ketones is 1. The number of rotatable bonds is 6. The molecule has 5 rings (SSSR count). The topological polar surface area (TPSA) is 118 Å². The number of benzene rings is 2. The highest BCUT2D eigenvalue weighted by Crippen LogP contribution is 2.39. The molecule has 1 aliphatic rings. The Kier molecular flexibility index (Phi) is 6.11. The highest BCUT2D eigenvalue weighted by Gasteiger charge is 2.33. The fraction of sp³-hybridized carbons (Fsp3) is 0.222. The van der Waals surface area contributed by atoms with Gasteiger partial charge in [0.2, 0.25) is 0 Å². The zero-order valence-electron chi connectivity index (χ0n) is 20.0. The Balaban J connectivity index is 1.66. The molecule has 0 saturated heterocycles. The molecule has 182 valence electrons. The summed E-state index contributed by atoms with van der Waals surface area (Å²) in [6, 6.07) is 14.6. The molecule has 0 unspecified atom stereocenters. The Morgan fingerprint density at radius 1 is 1.03 bits per heavy atom. The van der Waals surface area contributed by atoms with Crippen LogP contribution < -0.4 is 0 Å². The number of carboxylic acid groups (broad SMARTS) is 1. The quantitative estimate of drug-likeness (QED) is 0.372. The van der Waals surface area contributed by atoms with Gasteiger partial charge in [0.05, 0.1) is 12.1 Å². The van der Waals surface area contributed by atoms with Crippen LogP contribution >= 0.6 is 11.3 Å². The summed E-state index contributed by atoms with van der Waals surface area (Å²) < 4.78 is 1.76. The molecule has 1 atom stereocenters. The van der Waals surface area contributed by atoms with Crippen LogP contribution in [0.3, 0.4) is 0 Å². The fourth-order valence-corrected chi connectivity index (χ4v) is 5.64. The zero-order chi connectivity index (χ0) is 25.6. The highest BCUT2D eigenvalue weighted by molar-refractivity contribution is 7.15. The van der Waals surface area contributed by atoms with Crippen LogP contribution in [0.4, 0.5) is 0 Å². The van der Waals surface area contributed by atoms with Crippen LogP contribution in [0, 0.1) is 13.8 Å². The number of carbonyl (C=O) groups excluding carboxylic acids is 1. The number of fused-ring (bicyclic) bond motifs is 3. The van der Waals surface area contributed by atoms with Gasteiger partial charge in [-0.1, -0.05) is 42.5 Å². The first kappa shape index (κ1) is 23.8. The van der Waals surface area contributed by atoms with Crippen molar-refractivity contribution in [3.8, 4) is 16.1 Å². The van der Waals surface area contributed by atoms with E-state index in [0.717, 1.165) is 37.7 Å². The molecule has 0 radical (unpaired) electrons. The Morgan fingerprint density at radius 3 is 2.42 bits per heavy atom. The number of carbonyl (C=O) groups is 2. The third-order valence-corrected chi connectivity index (χ3v) is 7.61. The van der Waals surface area contributed by atoms with Crippen molar-refractivity contribution in [3.63, 3.8) is 0 Å². The SMILES string of the molecule is CC(=O)c1cccc(-c2ccc(C3=N[C@@H](CC(=O)O)c4nnc(CO)n4-c4sc(C)c(C)c43)cc2)c1. The predicted molar refractivity (Wildman–Crippen MR) is 137 cm³/mol. The minimum absolute atomic E-state index is 0.0100. The van der Waals surface area contributed by atoms with Crippen molar-refractivity contribution in [1.29, 1.82) is 0 Å². The van der Waals surface area contributed by atoms with Gasteiger partial charge in [0.25, 0.3) is 0 Å². The van der Waals surface area contributed by atoms with Gasteiger partial charge in [-0.15, -0.1) is 21.5 Å². The third-order valence-electron chi connectivity index (χ3n) is 6.41. The molecule has 0 bridgehead atoms. The Hall–Kier alpha value is -3.95. The normalized spacial score (nSPS) is 14.6. The average molecular weight is 501 g/mol. The lowest BCUT2D eigenvalue weighted by molar-refractivity contribution is -0.137. The summed E-state index contributed by atoms with van der Waals surface area (Å²) in [4.78, 5) is 29.5. The summed E-state index contributed by atoms with van der Waals surface area (Å²) in [6.45, 7) is 5.26. The van der Waals surface area contributed by atoms with Gasteiger partial charge in [-0.05, 0) is 43.5 Å². The Labute approximate surface area is 211 Å². The number of nitrogens with zero attached hydrogens (tertiary/aromatic N) is 4. The van der Waals surface area contributed by atoms with E-state index in [2.05, 4.69) is 10.2 Å². The van der Waals surface area contributed by atoms with Gasteiger partial charge in [-0.3, -0.25) is 19.1 Å². The van der Waals surface area contributed by atoms with Crippen LogP contribution in [0.2, 0.25) is 0 Å². The second kappa shape index (κ2) is 9.25. The van der Waals surface area contributed by atoms with E-state index < -0.39 is 12.0 Å². The number of aliphatic hydroxyl groups is 1. The van der Waals surface area contributed by atoms with E-state index in [1.54, 1.807) is 28.9 Å². The van der Waals surface area contributed by atoms with Crippen molar-refractivity contribution < 1.29 is 19.8 Å². The molecule has 1 aliphatic heterocycles. The molecule has 0 aliphatic carbocycles. The molecular formula is C27H24N4O4S. The Bertz CT molecular complexity index is 1530. The van der Waals surface area contributed by atoms with Crippen molar-refractivity contribution in [1.82, 2.24) is 14.8 Å². The highest BCUT2D eigenvalue weighted by atomic mass is 32.1. The summed E-state index contributed by atoms with van der Waals surface area (Å²) in [5, 5.41) is 28.7. The van der Waals surface area contributed by atoms with Crippen molar-refractivity contribution in [2.75, 3.05) is 0 Å². The lowest BCUT2D eigenvalue weighted by Crippen LogP contribution is -2.11. The van der Waals surface area contributed by atoms with Gasteiger partial charge in [-0.2, -0.15) is 0 Å². The minimum Gasteiger partial charge on any atom is -0.481 e. The summed E-state index contributed by atoms with van der Waals surface area (Å²) in [5.41, 5.74) is 5.97. The summed E-state index contributed by atoms with van der Waals surface area (Å²) in [7, 11) is 0. The smallest absolute Gasteiger partial charge is 0.306 e. The summed E-state index contributed by atoms with van der Waals surface area (Å²) in [5.74, 6) is -0.241. The van der Waals surface area contributed by atoms with Gasteiger partial charge in [0.1, 0.15) is 17.6 Å². The number of aliphatic carboxylic acids is 1. The number of Topliss-reactive ketones (excluding diaryl/α,β-unsaturated/α-hetero) is 1. The van der Waals surface area contributed by atoms with Gasteiger partial charge in [-0.25, -0.2) is 0 Å². The number of aromatic nitrogens is 3. The lowest BCUT2D eigenvalue weighted by atomic mass is 9.96. The molecular weight excluding hydrogens is 476 g/mol. The van der Waals surface area contributed by atoms with E-state index in [1.165, 1.54) is 0 Å². The summed E-state index contributed by atoms with van der Waals surface area (Å²) in [6.07, 6.45) is -0.254. The maximum atomic E-state index is 11.8. The van der Waals surface area contributed by atoms with Crippen LogP contribution in [-0.2, 0) is 11.4 Å². The lowest BCUT2D eigenvalue weighted by Gasteiger charge is -2.11. The molecule has 0 saturated carbocycles. The number of aliphatic imine (C=N–C) groups is 1. The van der Waals surface area contributed by atoms with Crippen LogP contribution in [0.15, 0.2) is 53.5 Å². The number of hydrogen-bond donors (Lipinski definition) is 2. The van der Waals surface area contributed by atoms with E-state index in [9.17, 15) is 19.8 Å². The van der Waals surface area contributed by atoms with E-state index in [-0.39, 0.29) is 18.8 Å². The van der Waals surface area contributed by atoms with E-state index in [0.29, 0.717) is 22.9 Å². The van der Waals surface area contributed by atoms with Crippen LogP contribution in [-0.4, -0.2) is 42.4 Å². The zero-order valence-corrected chi connectivity index (χ0v) is 20.8. The minimum atomic E-state index is -0.998. The van der Waals surface area contributed by atoms with Gasteiger partial charge >= 0.3 is 5.97 Å². The average Bonchev–Trinajstić information content (AvgIpc) is 3.38. The number of hydrogen-bond acceptors (Lipinski definition) is 7. The molecule has 0 fully saturated rings. The van der Waals surface area contributed by atoms with E-state index in [4.69, 9.17) is 4.99 Å². The molecule has 9 heteroatoms. The number of aliphatic hydroxyl groups excluding tert-OH is 1. The molecule has 3 heterocycles. The molecule has 2 aromatic carbocycles. The van der Waals surface area contributed by atoms with Gasteiger partial charge < -0.3 is 10.2 Å². The second-order valence-electron chi connectivity index (χ2n) is 8.74. The standard InChI is InChI=1S/C27H24N4O4S/c1-14-16(3)36-27-24(14)25(28-21(12-23(34)35)26-30-29-22(13-32)31(26)27)18-9-7-17(8-10-18)20-6-4-5-19(11-20)15(2)33/h4-11,21,32H,12-13H2,1-3H3,(H,34,35)/t21-/m0/s1. The molecule has 0 amide bonds. The molecule has 2 aromatic heterocycles. The van der Waals surface area contributed by atoms with Crippen LogP contribution in [0.25, 0.3) is 16.1 Å². The number of aryl methyl sites for hydroxylation is 1. The van der Waals surface area contributed by atoms with Crippen molar-refractivity contribution in [3.05, 3.63) is 87.3 Å². The predicted octanol–water partition coefficient (Wildman–Crippen LogP) is 4.67. The fourth-order valence-electron chi connectivity index (χ4n) is 4.45. The Morgan fingerprint density at radius 2 is 1.75 bits per heavy atom. The van der Waals surface area contributed by atoms with Gasteiger partial charge in [0.15, 0.2) is 17.4 Å². The maximum Gasteiger partial charge on any atom is 0.306 e. The second-order valence-corrected chi connectivity index (χ2v) is 9.94. The van der Waals surface area contributed by atoms with E-state index in [1.807, 2.05) is 56.3 Å². The third kappa shape index (κ3) is 4.06. The number of thiophene rings is 1. The first-order valence-corrected chi connectivity index (χ1v) is 12.3. The molecule has 2 N–H and O–H groups in total.